The number of hydrogen-bond donors (Lipinski definition) is 3. The Labute approximate surface area is 184 Å². The lowest BCUT2D eigenvalue weighted by molar-refractivity contribution is 0.0696. The van der Waals surface area contributed by atoms with Crippen molar-refractivity contribution in [2.45, 2.75) is 10.8 Å². The second-order valence-corrected chi connectivity index (χ2v) is 9.22. The van der Waals surface area contributed by atoms with Crippen LogP contribution in [0, 0.1) is 0 Å². The standard InChI is InChI=1S/C23H19ClN2O4S/c24-21-7-3-1-5-17(21)20(19-13-25-22-8-4-2-6-18(19)22)14-26-31(29,30)16-11-9-15(10-12-16)23(27)28/h1-13,20,25-26H,14H2,(H,27,28)/t20-/m1/s1. The van der Waals surface area contributed by atoms with E-state index in [0.717, 1.165) is 22.0 Å². The third-order valence-electron chi connectivity index (χ3n) is 5.17. The van der Waals surface area contributed by atoms with Gasteiger partial charge < -0.3 is 10.1 Å². The smallest absolute Gasteiger partial charge is 0.335 e. The molecule has 0 amide bonds. The summed E-state index contributed by atoms with van der Waals surface area (Å²) in [7, 11) is -3.86. The van der Waals surface area contributed by atoms with E-state index in [1.165, 1.54) is 24.3 Å². The number of nitrogens with one attached hydrogen (secondary N) is 2. The molecule has 0 saturated heterocycles. The number of H-pyrrole nitrogens is 1. The Morgan fingerprint density at radius 2 is 1.65 bits per heavy atom. The van der Waals surface area contributed by atoms with Gasteiger partial charge in [0.2, 0.25) is 10.0 Å². The fraction of sp³-hybridized carbons (Fsp3) is 0.0870. The molecule has 1 atom stereocenters. The zero-order valence-electron chi connectivity index (χ0n) is 16.2. The normalized spacial score (nSPS) is 12.7. The summed E-state index contributed by atoms with van der Waals surface area (Å²) in [5.41, 5.74) is 2.69. The number of sulfonamides is 1. The second kappa shape index (κ2) is 8.55. The van der Waals surface area contributed by atoms with Crippen LogP contribution >= 0.6 is 11.6 Å². The Morgan fingerprint density at radius 1 is 0.968 bits per heavy atom. The van der Waals surface area contributed by atoms with E-state index in [2.05, 4.69) is 9.71 Å². The number of carboxylic acid groups (broad SMARTS) is 1. The summed E-state index contributed by atoms with van der Waals surface area (Å²) in [6, 6.07) is 20.2. The van der Waals surface area contributed by atoms with E-state index in [4.69, 9.17) is 16.7 Å². The van der Waals surface area contributed by atoms with Gasteiger partial charge in [-0.3, -0.25) is 0 Å². The van der Waals surface area contributed by atoms with Gasteiger partial charge in [0.15, 0.2) is 0 Å². The maximum atomic E-state index is 12.9. The van der Waals surface area contributed by atoms with Gasteiger partial charge in [-0.1, -0.05) is 48.0 Å². The predicted molar refractivity (Wildman–Crippen MR) is 120 cm³/mol. The number of hydrogen-bond acceptors (Lipinski definition) is 3. The Hall–Kier alpha value is -3.13. The van der Waals surface area contributed by atoms with Crippen LogP contribution in [0.15, 0.2) is 83.9 Å². The largest absolute Gasteiger partial charge is 0.478 e. The average molecular weight is 455 g/mol. The van der Waals surface area contributed by atoms with Crippen LogP contribution in [0.5, 0.6) is 0 Å². The zero-order chi connectivity index (χ0) is 22.0. The summed E-state index contributed by atoms with van der Waals surface area (Å²) in [4.78, 5) is 14.2. The molecule has 6 nitrogen and oxygen atoms in total. The third-order valence-corrected chi connectivity index (χ3v) is 6.95. The zero-order valence-corrected chi connectivity index (χ0v) is 17.8. The van der Waals surface area contributed by atoms with E-state index >= 15 is 0 Å². The van der Waals surface area contributed by atoms with E-state index in [1.54, 1.807) is 6.07 Å². The van der Waals surface area contributed by atoms with Crippen molar-refractivity contribution in [3.8, 4) is 0 Å². The molecule has 3 N–H and O–H groups in total. The second-order valence-electron chi connectivity index (χ2n) is 7.05. The Morgan fingerprint density at radius 3 is 2.35 bits per heavy atom. The van der Waals surface area contributed by atoms with Crippen molar-refractivity contribution in [3.63, 3.8) is 0 Å². The summed E-state index contributed by atoms with van der Waals surface area (Å²) in [6.45, 7) is 0.0780. The van der Waals surface area contributed by atoms with Crippen molar-refractivity contribution < 1.29 is 18.3 Å². The molecule has 31 heavy (non-hydrogen) atoms. The molecule has 1 heterocycles. The minimum Gasteiger partial charge on any atom is -0.478 e. The molecule has 1 aromatic heterocycles. The molecule has 3 aromatic carbocycles. The number of aromatic amines is 1. The van der Waals surface area contributed by atoms with Crippen molar-refractivity contribution in [2.75, 3.05) is 6.54 Å². The van der Waals surface area contributed by atoms with Gasteiger partial charge >= 0.3 is 5.97 Å². The number of aromatic nitrogens is 1. The predicted octanol–water partition coefficient (Wildman–Crippen LogP) is 4.63. The molecule has 0 spiro atoms. The molecule has 0 aliphatic carbocycles. The van der Waals surface area contributed by atoms with Gasteiger partial charge in [-0.2, -0.15) is 0 Å². The molecule has 0 radical (unpaired) electrons. The lowest BCUT2D eigenvalue weighted by Gasteiger charge is -2.19. The first-order valence-electron chi connectivity index (χ1n) is 9.50. The first-order valence-corrected chi connectivity index (χ1v) is 11.4. The highest BCUT2D eigenvalue weighted by atomic mass is 35.5. The lowest BCUT2D eigenvalue weighted by atomic mass is 9.91. The van der Waals surface area contributed by atoms with Gasteiger partial charge in [-0.05, 0) is 47.5 Å². The molecule has 0 unspecified atom stereocenters. The summed E-state index contributed by atoms with van der Waals surface area (Å²) >= 11 is 6.46. The number of benzene rings is 3. The van der Waals surface area contributed by atoms with Gasteiger partial charge in [0.1, 0.15) is 0 Å². The fourth-order valence-corrected chi connectivity index (χ4v) is 4.90. The van der Waals surface area contributed by atoms with E-state index in [-0.39, 0.29) is 22.9 Å². The molecule has 158 valence electrons. The minimum atomic E-state index is -3.86. The summed E-state index contributed by atoms with van der Waals surface area (Å²) in [5.74, 6) is -1.45. The van der Waals surface area contributed by atoms with Gasteiger partial charge in [-0.15, -0.1) is 0 Å². The molecular weight excluding hydrogens is 436 g/mol. The van der Waals surface area contributed by atoms with Crippen molar-refractivity contribution in [3.05, 3.63) is 101 Å². The quantitative estimate of drug-likeness (QED) is 0.379. The summed E-state index contributed by atoms with van der Waals surface area (Å²) in [5, 5.41) is 10.5. The van der Waals surface area contributed by atoms with Gasteiger partial charge in [0.25, 0.3) is 0 Å². The van der Waals surface area contributed by atoms with Crippen LogP contribution in [-0.4, -0.2) is 31.0 Å². The fourth-order valence-electron chi connectivity index (χ4n) is 3.58. The molecule has 0 aliphatic heterocycles. The van der Waals surface area contributed by atoms with Crippen LogP contribution in [0.3, 0.4) is 0 Å². The Balaban J connectivity index is 1.68. The van der Waals surface area contributed by atoms with Crippen LogP contribution in [0.1, 0.15) is 27.4 Å². The van der Waals surface area contributed by atoms with Crippen LogP contribution in [0.25, 0.3) is 10.9 Å². The highest BCUT2D eigenvalue weighted by Gasteiger charge is 2.23. The topological polar surface area (TPSA) is 99.3 Å². The third kappa shape index (κ3) is 4.34. The van der Waals surface area contributed by atoms with Gasteiger partial charge in [0, 0.05) is 34.6 Å². The Bertz CT molecular complexity index is 1350. The van der Waals surface area contributed by atoms with Gasteiger partial charge in [0.05, 0.1) is 10.5 Å². The number of fused-ring (bicyclic) bond motifs is 1. The molecule has 4 rings (SSSR count). The van der Waals surface area contributed by atoms with Crippen LogP contribution in [-0.2, 0) is 10.0 Å². The average Bonchev–Trinajstić information content (AvgIpc) is 3.19. The van der Waals surface area contributed by atoms with E-state index in [9.17, 15) is 13.2 Å². The maximum Gasteiger partial charge on any atom is 0.335 e. The molecular formula is C23H19ClN2O4S. The Kier molecular flexibility index (Phi) is 5.82. The molecule has 8 heteroatoms. The molecule has 0 fully saturated rings. The summed E-state index contributed by atoms with van der Waals surface area (Å²) < 4.78 is 28.4. The number of para-hydroxylation sites is 1. The van der Waals surface area contributed by atoms with Crippen LogP contribution in [0.4, 0.5) is 0 Å². The van der Waals surface area contributed by atoms with E-state index in [0.29, 0.717) is 5.02 Å². The van der Waals surface area contributed by atoms with Crippen molar-refractivity contribution in [1.82, 2.24) is 9.71 Å². The van der Waals surface area contributed by atoms with Crippen molar-refractivity contribution in [1.29, 1.82) is 0 Å². The van der Waals surface area contributed by atoms with Crippen molar-refractivity contribution >= 4 is 38.5 Å². The van der Waals surface area contributed by atoms with Gasteiger partial charge in [-0.25, -0.2) is 17.9 Å². The van der Waals surface area contributed by atoms with Crippen LogP contribution < -0.4 is 4.72 Å². The minimum absolute atomic E-state index is 0.00525. The first-order chi connectivity index (χ1) is 14.9. The monoisotopic (exact) mass is 454 g/mol. The number of rotatable bonds is 7. The SMILES string of the molecule is O=C(O)c1ccc(S(=O)(=O)NC[C@H](c2ccccc2Cl)c2c[nH]c3ccccc23)cc1. The summed E-state index contributed by atoms with van der Waals surface area (Å²) in [6.07, 6.45) is 1.87. The highest BCUT2D eigenvalue weighted by molar-refractivity contribution is 7.89. The maximum absolute atomic E-state index is 12.9. The number of halogens is 1. The molecule has 0 bridgehead atoms. The number of aromatic carboxylic acids is 1. The van der Waals surface area contributed by atoms with Crippen LogP contribution in [0.2, 0.25) is 5.02 Å². The van der Waals surface area contributed by atoms with Crippen molar-refractivity contribution in [2.24, 2.45) is 0 Å². The lowest BCUT2D eigenvalue weighted by Crippen LogP contribution is -2.29. The number of carbonyl (C=O) groups is 1. The molecule has 0 aliphatic rings. The molecule has 0 saturated carbocycles. The van der Waals surface area contributed by atoms with E-state index in [1.807, 2.05) is 48.7 Å². The molecule has 4 aromatic rings. The highest BCUT2D eigenvalue weighted by Crippen LogP contribution is 2.34. The number of carboxylic acids is 1. The first kappa shape index (κ1) is 21.1. The van der Waals surface area contributed by atoms with E-state index < -0.39 is 16.0 Å².